The van der Waals surface area contributed by atoms with Crippen molar-refractivity contribution in [2.24, 2.45) is 5.92 Å². The fourth-order valence-corrected chi connectivity index (χ4v) is 3.59. The van der Waals surface area contributed by atoms with Gasteiger partial charge >= 0.3 is 6.16 Å². The molecule has 1 aromatic rings. The maximum absolute atomic E-state index is 12.4. The van der Waals surface area contributed by atoms with Crippen molar-refractivity contribution >= 4 is 18.0 Å². The van der Waals surface area contributed by atoms with E-state index in [2.05, 4.69) is 5.32 Å². The van der Waals surface area contributed by atoms with Gasteiger partial charge in [-0.2, -0.15) is 0 Å². The van der Waals surface area contributed by atoms with Crippen LogP contribution in [-0.4, -0.2) is 61.8 Å². The Bertz CT molecular complexity index is 706. The first kappa shape index (κ1) is 21.1. The van der Waals surface area contributed by atoms with E-state index in [9.17, 15) is 14.4 Å². The first-order valence-electron chi connectivity index (χ1n) is 10.2. The van der Waals surface area contributed by atoms with Crippen LogP contribution in [0.3, 0.4) is 0 Å². The highest BCUT2D eigenvalue weighted by Gasteiger charge is 2.30. The molecule has 2 aliphatic rings. The number of benzene rings is 1. The van der Waals surface area contributed by atoms with Crippen LogP contribution >= 0.6 is 0 Å². The second-order valence-corrected chi connectivity index (χ2v) is 7.29. The molecule has 1 N–H and O–H groups in total. The van der Waals surface area contributed by atoms with E-state index in [1.165, 1.54) is 0 Å². The molecule has 2 aliphatic heterocycles. The van der Waals surface area contributed by atoms with Crippen molar-refractivity contribution in [3.8, 4) is 5.75 Å². The minimum absolute atomic E-state index is 0.107. The fourth-order valence-electron chi connectivity index (χ4n) is 3.59. The van der Waals surface area contributed by atoms with E-state index < -0.39 is 6.16 Å². The first-order chi connectivity index (χ1) is 14.1. The number of nitrogens with zero attached hydrogens (tertiary/aromatic N) is 1. The maximum atomic E-state index is 12.4. The Morgan fingerprint density at radius 2 is 1.86 bits per heavy atom. The van der Waals surface area contributed by atoms with E-state index in [1.54, 1.807) is 31.2 Å². The van der Waals surface area contributed by atoms with Crippen molar-refractivity contribution < 1.29 is 28.6 Å². The molecule has 0 radical (unpaired) electrons. The van der Waals surface area contributed by atoms with Crippen LogP contribution in [0.1, 0.15) is 43.0 Å². The summed E-state index contributed by atoms with van der Waals surface area (Å²) in [6, 6.07) is 6.32. The van der Waals surface area contributed by atoms with Crippen molar-refractivity contribution in [2.75, 3.05) is 32.8 Å². The molecule has 1 atom stereocenters. The average Bonchev–Trinajstić information content (AvgIpc) is 3.27. The second-order valence-electron chi connectivity index (χ2n) is 7.29. The lowest BCUT2D eigenvalue weighted by Crippen LogP contribution is -2.45. The van der Waals surface area contributed by atoms with Crippen molar-refractivity contribution in [2.45, 2.75) is 38.7 Å². The van der Waals surface area contributed by atoms with Gasteiger partial charge < -0.3 is 24.4 Å². The number of carbonyl (C=O) groups is 3. The predicted molar refractivity (Wildman–Crippen MR) is 105 cm³/mol. The Balaban J connectivity index is 1.39. The van der Waals surface area contributed by atoms with Crippen LogP contribution in [0.2, 0.25) is 0 Å². The number of hydrogen-bond donors (Lipinski definition) is 1. The van der Waals surface area contributed by atoms with Crippen LogP contribution < -0.4 is 10.1 Å². The molecule has 0 aliphatic carbocycles. The van der Waals surface area contributed by atoms with Gasteiger partial charge in [-0.3, -0.25) is 9.59 Å². The van der Waals surface area contributed by atoms with Gasteiger partial charge in [0.15, 0.2) is 0 Å². The van der Waals surface area contributed by atoms with Crippen LogP contribution in [0.4, 0.5) is 4.79 Å². The van der Waals surface area contributed by atoms with Gasteiger partial charge in [0.1, 0.15) is 11.9 Å². The standard InChI is InChI=1S/C21H28N2O6/c1-2-27-21(26)29-17-7-5-16(6-8-17)19(24)22-14-15-9-11-23(12-10-15)20(25)18-4-3-13-28-18/h5-8,15,18H,2-4,9-14H2,1H3,(H,22,24). The molecule has 8 heteroatoms. The summed E-state index contributed by atoms with van der Waals surface area (Å²) in [5.41, 5.74) is 0.493. The minimum Gasteiger partial charge on any atom is -0.434 e. The topological polar surface area (TPSA) is 94.2 Å². The second kappa shape index (κ2) is 10.2. The summed E-state index contributed by atoms with van der Waals surface area (Å²) in [4.78, 5) is 37.9. The van der Waals surface area contributed by atoms with E-state index in [4.69, 9.17) is 14.2 Å². The SMILES string of the molecule is CCOC(=O)Oc1ccc(C(=O)NCC2CCN(C(=O)C3CCCO3)CC2)cc1. The Morgan fingerprint density at radius 1 is 1.14 bits per heavy atom. The smallest absolute Gasteiger partial charge is 0.434 e. The third-order valence-electron chi connectivity index (χ3n) is 5.26. The maximum Gasteiger partial charge on any atom is 0.513 e. The highest BCUT2D eigenvalue weighted by molar-refractivity contribution is 5.94. The number of piperidine rings is 1. The number of amides is 2. The zero-order valence-corrected chi connectivity index (χ0v) is 16.7. The Kier molecular flexibility index (Phi) is 7.46. The normalized spacial score (nSPS) is 19.6. The van der Waals surface area contributed by atoms with Gasteiger partial charge in [0.05, 0.1) is 6.61 Å². The van der Waals surface area contributed by atoms with Crippen LogP contribution in [0.5, 0.6) is 5.75 Å². The summed E-state index contributed by atoms with van der Waals surface area (Å²) >= 11 is 0. The van der Waals surface area contributed by atoms with Crippen molar-refractivity contribution in [1.82, 2.24) is 10.2 Å². The van der Waals surface area contributed by atoms with Crippen LogP contribution in [0, 0.1) is 5.92 Å². The summed E-state index contributed by atoms with van der Waals surface area (Å²) in [6.45, 7) is 4.59. The highest BCUT2D eigenvalue weighted by Crippen LogP contribution is 2.21. The summed E-state index contributed by atoms with van der Waals surface area (Å²) in [5, 5.41) is 2.95. The van der Waals surface area contributed by atoms with E-state index in [0.717, 1.165) is 25.7 Å². The lowest BCUT2D eigenvalue weighted by Gasteiger charge is -2.33. The largest absolute Gasteiger partial charge is 0.513 e. The highest BCUT2D eigenvalue weighted by atomic mass is 16.7. The average molecular weight is 404 g/mol. The van der Waals surface area contributed by atoms with Gasteiger partial charge in [0, 0.05) is 31.8 Å². The Morgan fingerprint density at radius 3 is 2.48 bits per heavy atom. The molecule has 0 aromatic heterocycles. The number of nitrogens with one attached hydrogen (secondary N) is 1. The molecule has 2 fully saturated rings. The van der Waals surface area contributed by atoms with Crippen molar-refractivity contribution in [1.29, 1.82) is 0 Å². The lowest BCUT2D eigenvalue weighted by molar-refractivity contribution is -0.142. The molecular formula is C21H28N2O6. The molecule has 8 nitrogen and oxygen atoms in total. The zero-order valence-electron chi connectivity index (χ0n) is 16.7. The van der Waals surface area contributed by atoms with Gasteiger partial charge in [0.25, 0.3) is 11.8 Å². The van der Waals surface area contributed by atoms with E-state index in [-0.39, 0.29) is 24.5 Å². The van der Waals surface area contributed by atoms with Gasteiger partial charge in [-0.15, -0.1) is 0 Å². The van der Waals surface area contributed by atoms with Gasteiger partial charge in [-0.25, -0.2) is 4.79 Å². The molecule has 29 heavy (non-hydrogen) atoms. The van der Waals surface area contributed by atoms with Gasteiger partial charge in [-0.1, -0.05) is 0 Å². The minimum atomic E-state index is -0.769. The molecule has 0 spiro atoms. The quantitative estimate of drug-likeness (QED) is 0.578. The number of rotatable bonds is 6. The first-order valence-corrected chi connectivity index (χ1v) is 10.2. The number of carbonyl (C=O) groups excluding carboxylic acids is 3. The third-order valence-corrected chi connectivity index (χ3v) is 5.26. The third kappa shape index (κ3) is 5.93. The number of ether oxygens (including phenoxy) is 3. The molecule has 1 unspecified atom stereocenters. The molecule has 158 valence electrons. The van der Waals surface area contributed by atoms with Crippen LogP contribution in [-0.2, 0) is 14.3 Å². The summed E-state index contributed by atoms with van der Waals surface area (Å²) in [5.74, 6) is 0.600. The number of hydrogen-bond acceptors (Lipinski definition) is 6. The predicted octanol–water partition coefficient (Wildman–Crippen LogP) is 2.37. The van der Waals surface area contributed by atoms with Crippen LogP contribution in [0.15, 0.2) is 24.3 Å². The van der Waals surface area contributed by atoms with Gasteiger partial charge in [-0.05, 0) is 62.8 Å². The summed E-state index contributed by atoms with van der Waals surface area (Å²) in [6.07, 6.45) is 2.47. The Hall–Kier alpha value is -2.61. The molecular weight excluding hydrogens is 376 g/mol. The van der Waals surface area contributed by atoms with Crippen molar-refractivity contribution in [3.05, 3.63) is 29.8 Å². The molecule has 2 saturated heterocycles. The Labute approximate surface area is 170 Å². The molecule has 0 saturated carbocycles. The van der Waals surface area contributed by atoms with E-state index in [0.29, 0.717) is 43.5 Å². The van der Waals surface area contributed by atoms with Crippen molar-refractivity contribution in [3.63, 3.8) is 0 Å². The zero-order chi connectivity index (χ0) is 20.6. The molecule has 0 bridgehead atoms. The summed E-state index contributed by atoms with van der Waals surface area (Å²) < 4.78 is 15.2. The van der Waals surface area contributed by atoms with E-state index in [1.807, 2.05) is 4.90 Å². The molecule has 2 amide bonds. The monoisotopic (exact) mass is 404 g/mol. The fraction of sp³-hybridized carbons (Fsp3) is 0.571. The molecule has 3 rings (SSSR count). The van der Waals surface area contributed by atoms with Gasteiger partial charge in [0.2, 0.25) is 0 Å². The molecule has 1 aromatic carbocycles. The number of likely N-dealkylation sites (tertiary alicyclic amines) is 1. The lowest BCUT2D eigenvalue weighted by atomic mass is 9.96. The summed E-state index contributed by atoms with van der Waals surface area (Å²) in [7, 11) is 0. The van der Waals surface area contributed by atoms with E-state index >= 15 is 0 Å². The van der Waals surface area contributed by atoms with Crippen LogP contribution in [0.25, 0.3) is 0 Å². The molecule has 2 heterocycles.